The van der Waals surface area contributed by atoms with Gasteiger partial charge in [0.25, 0.3) is 0 Å². The van der Waals surface area contributed by atoms with Crippen LogP contribution in [0.15, 0.2) is 29.8 Å². The lowest BCUT2D eigenvalue weighted by molar-refractivity contribution is -0.109. The zero-order chi connectivity index (χ0) is 12.0. The van der Waals surface area contributed by atoms with Gasteiger partial charge in [0.05, 0.1) is 0 Å². The van der Waals surface area contributed by atoms with Crippen molar-refractivity contribution in [3.8, 4) is 0 Å². The molecule has 0 aliphatic rings. The number of rotatable bonds is 5. The van der Waals surface area contributed by atoms with Gasteiger partial charge < -0.3 is 5.32 Å². The van der Waals surface area contributed by atoms with Crippen molar-refractivity contribution in [2.45, 2.75) is 20.4 Å². The summed E-state index contributed by atoms with van der Waals surface area (Å²) in [6, 6.07) is 8.29. The Morgan fingerprint density at radius 3 is 2.38 bits per heavy atom. The van der Waals surface area contributed by atoms with Crippen LogP contribution in [0.2, 0.25) is 0 Å². The number of hydrogen-bond donors (Lipinski definition) is 1. The number of benzene rings is 1. The molecule has 0 spiro atoms. The Morgan fingerprint density at radius 1 is 1.31 bits per heavy atom. The average Bonchev–Trinajstić information content (AvgIpc) is 2.28. The van der Waals surface area contributed by atoms with Crippen LogP contribution in [0.5, 0.6) is 0 Å². The van der Waals surface area contributed by atoms with Gasteiger partial charge in [-0.05, 0) is 31.2 Å². The molecule has 0 aliphatic heterocycles. The third-order valence-corrected chi connectivity index (χ3v) is 3.32. The van der Waals surface area contributed by atoms with Crippen molar-refractivity contribution in [1.82, 2.24) is 5.32 Å². The van der Waals surface area contributed by atoms with E-state index in [9.17, 15) is 4.79 Å². The van der Waals surface area contributed by atoms with Gasteiger partial charge >= 0.3 is 0 Å². The normalized spacial score (nSPS) is 9.69. The maximum atomic E-state index is 10.2. The molecule has 0 aliphatic carbocycles. The van der Waals surface area contributed by atoms with Crippen molar-refractivity contribution >= 4 is 23.1 Å². The van der Waals surface area contributed by atoms with Crippen molar-refractivity contribution in [2.75, 3.05) is 6.26 Å². The Hall–Kier alpha value is -1.22. The fraction of sp³-hybridized carbons (Fsp3) is 0.308. The molecule has 0 bridgehead atoms. The van der Waals surface area contributed by atoms with Crippen LogP contribution >= 0.6 is 11.8 Å². The van der Waals surface area contributed by atoms with Gasteiger partial charge in [-0.1, -0.05) is 29.8 Å². The Balaban J connectivity index is 2.85. The number of amides is 1. The van der Waals surface area contributed by atoms with Gasteiger partial charge in [0.1, 0.15) is 0 Å². The molecule has 0 fully saturated rings. The fourth-order valence-electron chi connectivity index (χ4n) is 1.54. The van der Waals surface area contributed by atoms with Crippen LogP contribution in [-0.4, -0.2) is 12.7 Å². The number of thioether (sulfide) groups is 1. The van der Waals surface area contributed by atoms with E-state index in [1.54, 1.807) is 11.8 Å². The van der Waals surface area contributed by atoms with Crippen LogP contribution in [0.1, 0.15) is 25.0 Å². The van der Waals surface area contributed by atoms with Crippen LogP contribution in [0.25, 0.3) is 4.91 Å². The zero-order valence-electron chi connectivity index (χ0n) is 9.91. The van der Waals surface area contributed by atoms with E-state index in [0.29, 0.717) is 6.54 Å². The van der Waals surface area contributed by atoms with Crippen molar-refractivity contribution < 1.29 is 4.79 Å². The SMILES string of the molecule is CSC(=C(C)C)c1ccc(CNC=O)cc1. The molecule has 0 heterocycles. The van der Waals surface area contributed by atoms with Gasteiger partial charge in [-0.3, -0.25) is 4.79 Å². The smallest absolute Gasteiger partial charge is 0.207 e. The standard InChI is InChI=1S/C13H17NOS/c1-10(2)13(16-3)12-6-4-11(5-7-12)8-14-9-15/h4-7,9H,8H2,1-3H3,(H,14,15). The third-order valence-electron chi connectivity index (χ3n) is 2.26. The van der Waals surface area contributed by atoms with Crippen LogP contribution in [0.4, 0.5) is 0 Å². The summed E-state index contributed by atoms with van der Waals surface area (Å²) in [6.45, 7) is 4.83. The number of carbonyl (C=O) groups is 1. The highest BCUT2D eigenvalue weighted by atomic mass is 32.2. The van der Waals surface area contributed by atoms with E-state index in [2.05, 4.69) is 37.6 Å². The van der Waals surface area contributed by atoms with Gasteiger partial charge in [-0.2, -0.15) is 0 Å². The maximum absolute atomic E-state index is 10.2. The molecule has 2 nitrogen and oxygen atoms in total. The van der Waals surface area contributed by atoms with Crippen LogP contribution in [0, 0.1) is 0 Å². The molecule has 1 aromatic carbocycles. The quantitative estimate of drug-likeness (QED) is 0.795. The Bertz CT molecular complexity index is 377. The van der Waals surface area contributed by atoms with Crippen molar-refractivity contribution in [3.05, 3.63) is 41.0 Å². The first-order valence-electron chi connectivity index (χ1n) is 5.17. The summed E-state index contributed by atoms with van der Waals surface area (Å²) in [6.07, 6.45) is 2.81. The summed E-state index contributed by atoms with van der Waals surface area (Å²) in [5.41, 5.74) is 3.68. The minimum absolute atomic E-state index is 0.590. The topological polar surface area (TPSA) is 29.1 Å². The van der Waals surface area contributed by atoms with E-state index in [-0.39, 0.29) is 0 Å². The van der Waals surface area contributed by atoms with Gasteiger partial charge in [-0.25, -0.2) is 0 Å². The predicted octanol–water partition coefficient (Wildman–Crippen LogP) is 3.05. The van der Waals surface area contributed by atoms with E-state index in [1.165, 1.54) is 16.0 Å². The molecule has 1 aromatic rings. The summed E-state index contributed by atoms with van der Waals surface area (Å²) in [7, 11) is 0. The molecule has 0 unspecified atom stereocenters. The molecule has 1 amide bonds. The number of nitrogens with one attached hydrogen (secondary N) is 1. The molecule has 0 aromatic heterocycles. The first kappa shape index (κ1) is 12.8. The lowest BCUT2D eigenvalue weighted by atomic mass is 10.1. The van der Waals surface area contributed by atoms with E-state index in [4.69, 9.17) is 0 Å². The molecule has 3 heteroatoms. The zero-order valence-corrected chi connectivity index (χ0v) is 10.7. The summed E-state index contributed by atoms with van der Waals surface area (Å²) < 4.78 is 0. The number of carbonyl (C=O) groups excluding carboxylic acids is 1. The van der Waals surface area contributed by atoms with Gasteiger partial charge in [-0.15, -0.1) is 11.8 Å². The van der Waals surface area contributed by atoms with Crippen molar-refractivity contribution in [2.24, 2.45) is 0 Å². The Morgan fingerprint density at radius 2 is 1.94 bits per heavy atom. The van der Waals surface area contributed by atoms with Gasteiger partial charge in [0.15, 0.2) is 0 Å². The number of hydrogen-bond acceptors (Lipinski definition) is 2. The van der Waals surface area contributed by atoms with Crippen LogP contribution < -0.4 is 5.32 Å². The first-order chi connectivity index (χ1) is 7.69. The molecule has 86 valence electrons. The Labute approximate surface area is 101 Å². The van der Waals surface area contributed by atoms with Crippen molar-refractivity contribution in [1.29, 1.82) is 0 Å². The minimum Gasteiger partial charge on any atom is -0.355 e. The lowest BCUT2D eigenvalue weighted by Gasteiger charge is -2.08. The van der Waals surface area contributed by atoms with Gasteiger partial charge in [0.2, 0.25) is 6.41 Å². The van der Waals surface area contributed by atoms with Crippen molar-refractivity contribution in [3.63, 3.8) is 0 Å². The van der Waals surface area contributed by atoms with E-state index in [0.717, 1.165) is 12.0 Å². The molecule has 16 heavy (non-hydrogen) atoms. The molecule has 0 saturated heterocycles. The monoisotopic (exact) mass is 235 g/mol. The second kappa shape index (κ2) is 6.38. The van der Waals surface area contributed by atoms with Gasteiger partial charge in [0, 0.05) is 11.4 Å². The molecule has 0 radical (unpaired) electrons. The first-order valence-corrected chi connectivity index (χ1v) is 6.39. The molecule has 0 saturated carbocycles. The lowest BCUT2D eigenvalue weighted by Crippen LogP contribution is -2.09. The van der Waals surface area contributed by atoms with E-state index >= 15 is 0 Å². The molecular weight excluding hydrogens is 218 g/mol. The molecular formula is C13H17NOS. The summed E-state index contributed by atoms with van der Waals surface area (Å²) in [5.74, 6) is 0. The largest absolute Gasteiger partial charge is 0.355 e. The van der Waals surface area contributed by atoms with Crippen LogP contribution in [0.3, 0.4) is 0 Å². The third kappa shape index (κ3) is 3.42. The highest BCUT2D eigenvalue weighted by Gasteiger charge is 2.02. The summed E-state index contributed by atoms with van der Waals surface area (Å²) >= 11 is 1.76. The number of allylic oxidation sites excluding steroid dienone is 1. The van der Waals surface area contributed by atoms with Crippen LogP contribution in [-0.2, 0) is 11.3 Å². The molecule has 1 rings (SSSR count). The second-order valence-electron chi connectivity index (χ2n) is 3.73. The molecule has 0 atom stereocenters. The summed E-state index contributed by atoms with van der Waals surface area (Å²) in [4.78, 5) is 11.5. The summed E-state index contributed by atoms with van der Waals surface area (Å²) in [5, 5.41) is 2.65. The highest BCUT2D eigenvalue weighted by Crippen LogP contribution is 2.28. The van der Waals surface area contributed by atoms with E-state index in [1.807, 2.05) is 12.1 Å². The average molecular weight is 235 g/mol. The fourth-order valence-corrected chi connectivity index (χ4v) is 2.32. The maximum Gasteiger partial charge on any atom is 0.207 e. The highest BCUT2D eigenvalue weighted by molar-refractivity contribution is 8.07. The minimum atomic E-state index is 0.590. The Kier molecular flexibility index (Phi) is 5.12. The second-order valence-corrected chi connectivity index (χ2v) is 4.55. The predicted molar refractivity (Wildman–Crippen MR) is 71.1 cm³/mol. The van der Waals surface area contributed by atoms with E-state index < -0.39 is 0 Å². The molecule has 1 N–H and O–H groups in total.